The van der Waals surface area contributed by atoms with E-state index in [1.165, 1.54) is 18.2 Å². The molecule has 0 spiro atoms. The summed E-state index contributed by atoms with van der Waals surface area (Å²) < 4.78 is 4.76. The summed E-state index contributed by atoms with van der Waals surface area (Å²) in [6.45, 7) is 1.44. The second kappa shape index (κ2) is 6.47. The van der Waals surface area contributed by atoms with Crippen molar-refractivity contribution in [1.29, 1.82) is 0 Å². The van der Waals surface area contributed by atoms with Gasteiger partial charge in [-0.3, -0.25) is 5.10 Å². The molecular weight excluding hydrogens is 278 g/mol. The molecule has 0 radical (unpaired) electrons. The predicted octanol–water partition coefficient (Wildman–Crippen LogP) is 3.32. The van der Waals surface area contributed by atoms with Crippen LogP contribution in [0.5, 0.6) is 0 Å². The van der Waals surface area contributed by atoms with Gasteiger partial charge in [-0.2, -0.15) is 5.10 Å². The van der Waals surface area contributed by atoms with Crippen molar-refractivity contribution in [1.82, 2.24) is 15.1 Å². The van der Waals surface area contributed by atoms with Crippen molar-refractivity contribution >= 4 is 12.2 Å². The van der Waals surface area contributed by atoms with Crippen LogP contribution in [-0.4, -0.2) is 41.4 Å². The minimum atomic E-state index is -0.236. The van der Waals surface area contributed by atoms with Gasteiger partial charge >= 0.3 is 6.09 Å². The largest absolute Gasteiger partial charge is 0.453 e. The first kappa shape index (κ1) is 14.4. The maximum Gasteiger partial charge on any atom is 0.409 e. The number of nitrogens with zero attached hydrogens (tertiary/aromatic N) is 2. The van der Waals surface area contributed by atoms with Gasteiger partial charge in [0, 0.05) is 24.8 Å². The van der Waals surface area contributed by atoms with Crippen LogP contribution in [0.1, 0.15) is 18.4 Å². The van der Waals surface area contributed by atoms with Gasteiger partial charge in [-0.05, 0) is 30.5 Å². The van der Waals surface area contributed by atoms with Crippen LogP contribution in [0.3, 0.4) is 0 Å². The second-order valence-corrected chi connectivity index (χ2v) is 5.36. The molecule has 5 heteroatoms. The Balaban J connectivity index is 1.71. The zero-order chi connectivity index (χ0) is 15.4. The van der Waals surface area contributed by atoms with Gasteiger partial charge in [0.1, 0.15) is 0 Å². The van der Waals surface area contributed by atoms with E-state index in [1.807, 2.05) is 12.1 Å². The fourth-order valence-corrected chi connectivity index (χ4v) is 2.70. The van der Waals surface area contributed by atoms with Crippen LogP contribution in [-0.2, 0) is 4.74 Å². The highest BCUT2D eigenvalue weighted by atomic mass is 16.5. The Bertz CT molecular complexity index is 667. The number of hydrogen-bond acceptors (Lipinski definition) is 3. The Morgan fingerprint density at radius 1 is 1.32 bits per heavy atom. The number of amides is 1. The van der Waals surface area contributed by atoms with Crippen LogP contribution in [0.4, 0.5) is 4.79 Å². The van der Waals surface area contributed by atoms with Crippen LogP contribution in [0.25, 0.3) is 17.3 Å². The van der Waals surface area contributed by atoms with Crippen molar-refractivity contribution in [2.24, 2.45) is 0 Å². The number of rotatable bonds is 2. The fraction of sp³-hybridized carbons (Fsp3) is 0.294. The number of hydrogen-bond donors (Lipinski definition) is 1. The topological polar surface area (TPSA) is 58.2 Å². The van der Waals surface area contributed by atoms with Gasteiger partial charge in [0.2, 0.25) is 0 Å². The Labute approximate surface area is 129 Å². The lowest BCUT2D eigenvalue weighted by Gasteiger charge is -2.27. The lowest BCUT2D eigenvalue weighted by atomic mass is 10.00. The molecule has 3 rings (SSSR count). The van der Waals surface area contributed by atoms with Gasteiger partial charge in [-0.25, -0.2) is 4.79 Å². The maximum absolute atomic E-state index is 11.5. The molecule has 1 aliphatic heterocycles. The average Bonchev–Trinajstić information content (AvgIpc) is 3.10. The Hall–Kier alpha value is -2.56. The van der Waals surface area contributed by atoms with Crippen LogP contribution < -0.4 is 0 Å². The molecule has 0 unspecified atom stereocenters. The molecule has 0 saturated carbocycles. The van der Waals surface area contributed by atoms with Gasteiger partial charge in [0.05, 0.1) is 12.8 Å². The number of piperidine rings is 1. The predicted molar refractivity (Wildman–Crippen MR) is 85.2 cm³/mol. The maximum atomic E-state index is 11.5. The molecule has 1 amide bonds. The molecule has 114 valence electrons. The Morgan fingerprint density at radius 3 is 2.82 bits per heavy atom. The number of H-pyrrole nitrogens is 1. The normalized spacial score (nSPS) is 14.8. The molecule has 0 aliphatic carbocycles. The minimum absolute atomic E-state index is 0.236. The van der Waals surface area contributed by atoms with E-state index in [1.54, 1.807) is 11.1 Å². The van der Waals surface area contributed by atoms with Gasteiger partial charge < -0.3 is 9.64 Å². The van der Waals surface area contributed by atoms with Gasteiger partial charge in [-0.15, -0.1) is 0 Å². The van der Waals surface area contributed by atoms with Crippen molar-refractivity contribution in [3.63, 3.8) is 0 Å². The van der Waals surface area contributed by atoms with Crippen LogP contribution in [0.15, 0.2) is 42.1 Å². The lowest BCUT2D eigenvalue weighted by Crippen LogP contribution is -2.36. The van der Waals surface area contributed by atoms with E-state index < -0.39 is 0 Å². The number of methoxy groups -OCH3 is 1. The highest BCUT2D eigenvalue weighted by molar-refractivity contribution is 5.68. The van der Waals surface area contributed by atoms with E-state index in [0.29, 0.717) is 0 Å². The first-order valence-electron chi connectivity index (χ1n) is 7.38. The number of benzene rings is 1. The molecule has 22 heavy (non-hydrogen) atoms. The summed E-state index contributed by atoms with van der Waals surface area (Å²) in [5.41, 5.74) is 4.68. The third-order valence-electron chi connectivity index (χ3n) is 3.91. The van der Waals surface area contributed by atoms with Gasteiger partial charge in [0.25, 0.3) is 0 Å². The van der Waals surface area contributed by atoms with Crippen molar-refractivity contribution in [3.05, 3.63) is 47.7 Å². The molecule has 2 aromatic rings. The van der Waals surface area contributed by atoms with E-state index in [-0.39, 0.29) is 6.09 Å². The number of carbonyl (C=O) groups is 1. The summed E-state index contributed by atoms with van der Waals surface area (Å²) in [7, 11) is 1.43. The monoisotopic (exact) mass is 297 g/mol. The van der Waals surface area contributed by atoms with E-state index >= 15 is 0 Å². The summed E-state index contributed by atoms with van der Waals surface area (Å²) >= 11 is 0. The molecule has 0 atom stereocenters. The first-order chi connectivity index (χ1) is 10.8. The highest BCUT2D eigenvalue weighted by Crippen LogP contribution is 2.23. The molecule has 0 bridgehead atoms. The first-order valence-corrected chi connectivity index (χ1v) is 7.38. The molecule has 1 saturated heterocycles. The summed E-state index contributed by atoms with van der Waals surface area (Å²) in [4.78, 5) is 13.2. The Kier molecular flexibility index (Phi) is 4.23. The third-order valence-corrected chi connectivity index (χ3v) is 3.91. The molecule has 1 aromatic carbocycles. The Morgan fingerprint density at radius 2 is 2.14 bits per heavy atom. The van der Waals surface area contributed by atoms with Crippen molar-refractivity contribution in [2.75, 3.05) is 20.2 Å². The number of likely N-dealkylation sites (tertiary alicyclic amines) is 1. The zero-order valence-corrected chi connectivity index (χ0v) is 12.6. The summed E-state index contributed by atoms with van der Waals surface area (Å²) in [5, 5.41) is 6.97. The number of aromatic amines is 1. The minimum Gasteiger partial charge on any atom is -0.453 e. The molecule has 2 heterocycles. The van der Waals surface area contributed by atoms with E-state index in [4.69, 9.17) is 4.74 Å². The van der Waals surface area contributed by atoms with Crippen molar-refractivity contribution in [2.45, 2.75) is 12.8 Å². The van der Waals surface area contributed by atoms with Crippen LogP contribution in [0, 0.1) is 0 Å². The molecule has 5 nitrogen and oxygen atoms in total. The quantitative estimate of drug-likeness (QED) is 0.925. The molecule has 1 aliphatic rings. The average molecular weight is 297 g/mol. The van der Waals surface area contributed by atoms with E-state index in [9.17, 15) is 4.79 Å². The molecule has 1 N–H and O–H groups in total. The van der Waals surface area contributed by atoms with E-state index in [0.717, 1.165) is 37.2 Å². The standard InChI is InChI=1S/C17H19N3O2/c1-22-17(21)20-9-6-13(7-10-20)11-14-3-2-4-15(12-14)16-5-8-18-19-16/h2-5,8,11-12H,6-7,9-10H2,1H3,(H,18,19). The van der Waals surface area contributed by atoms with Crippen molar-refractivity contribution < 1.29 is 9.53 Å². The third kappa shape index (κ3) is 3.19. The molecular formula is C17H19N3O2. The van der Waals surface area contributed by atoms with Crippen LogP contribution >= 0.6 is 0 Å². The zero-order valence-electron chi connectivity index (χ0n) is 12.6. The lowest BCUT2D eigenvalue weighted by molar-refractivity contribution is 0.120. The summed E-state index contributed by atoms with van der Waals surface area (Å²) in [6, 6.07) is 10.3. The smallest absolute Gasteiger partial charge is 0.409 e. The fourth-order valence-electron chi connectivity index (χ4n) is 2.70. The number of ether oxygens (including phenoxy) is 1. The van der Waals surface area contributed by atoms with Crippen LogP contribution in [0.2, 0.25) is 0 Å². The number of carbonyl (C=O) groups excluding carboxylic acids is 1. The van der Waals surface area contributed by atoms with Gasteiger partial charge in [0.15, 0.2) is 0 Å². The summed E-state index contributed by atoms with van der Waals surface area (Å²) in [5.74, 6) is 0. The van der Waals surface area contributed by atoms with Crippen molar-refractivity contribution in [3.8, 4) is 11.3 Å². The van der Waals surface area contributed by atoms with Gasteiger partial charge in [-0.1, -0.05) is 29.8 Å². The summed E-state index contributed by atoms with van der Waals surface area (Å²) in [6.07, 6.45) is 5.52. The molecule has 1 fully saturated rings. The molecule has 1 aromatic heterocycles. The highest BCUT2D eigenvalue weighted by Gasteiger charge is 2.19. The second-order valence-electron chi connectivity index (χ2n) is 5.36. The SMILES string of the molecule is COC(=O)N1CCC(=Cc2cccc(-c3ccn[nH]3)c2)CC1. The van der Waals surface area contributed by atoms with E-state index in [2.05, 4.69) is 34.5 Å². The number of aromatic nitrogens is 2. The number of nitrogens with one attached hydrogen (secondary N) is 1.